The molecule has 0 amide bonds. The van der Waals surface area contributed by atoms with Gasteiger partial charge < -0.3 is 0 Å². The number of pyridine rings is 1. The lowest BCUT2D eigenvalue weighted by molar-refractivity contribution is 0.445. The quantitative estimate of drug-likeness (QED) is 0.851. The molecule has 1 aromatic heterocycles. The summed E-state index contributed by atoms with van der Waals surface area (Å²) in [5.74, 6) is 0. The highest BCUT2D eigenvalue weighted by molar-refractivity contribution is 7.89. The van der Waals surface area contributed by atoms with Crippen molar-refractivity contribution in [1.29, 1.82) is 0 Å². The SMILES string of the molecule is CCN(CC)S(=O)(=O)c1ccc(-c2cccnc2)cc1. The molecule has 1 heterocycles. The first kappa shape index (κ1) is 14.7. The molecule has 20 heavy (non-hydrogen) atoms. The van der Waals surface area contributed by atoms with Crippen molar-refractivity contribution in [3.05, 3.63) is 48.8 Å². The van der Waals surface area contributed by atoms with Gasteiger partial charge in [-0.3, -0.25) is 4.98 Å². The number of nitrogens with zero attached hydrogens (tertiary/aromatic N) is 2. The topological polar surface area (TPSA) is 50.3 Å². The van der Waals surface area contributed by atoms with Crippen molar-refractivity contribution in [2.75, 3.05) is 13.1 Å². The first-order valence-electron chi connectivity index (χ1n) is 6.60. The lowest BCUT2D eigenvalue weighted by Gasteiger charge is -2.18. The van der Waals surface area contributed by atoms with Crippen LogP contribution in [0.3, 0.4) is 0 Å². The summed E-state index contributed by atoms with van der Waals surface area (Å²) in [6.45, 7) is 4.63. The van der Waals surface area contributed by atoms with Crippen LogP contribution in [0.1, 0.15) is 13.8 Å². The minimum Gasteiger partial charge on any atom is -0.264 e. The first-order valence-corrected chi connectivity index (χ1v) is 8.04. The Morgan fingerprint density at radius 1 is 1.00 bits per heavy atom. The monoisotopic (exact) mass is 290 g/mol. The predicted octanol–water partition coefficient (Wildman–Crippen LogP) is 2.78. The molecular weight excluding hydrogens is 272 g/mol. The molecule has 2 aromatic rings. The van der Waals surface area contributed by atoms with Crippen molar-refractivity contribution in [2.24, 2.45) is 0 Å². The Morgan fingerprint density at radius 3 is 2.15 bits per heavy atom. The van der Waals surface area contributed by atoms with Gasteiger partial charge in [-0.1, -0.05) is 32.0 Å². The fraction of sp³-hybridized carbons (Fsp3) is 0.267. The summed E-state index contributed by atoms with van der Waals surface area (Å²) in [5, 5.41) is 0. The largest absolute Gasteiger partial charge is 0.264 e. The van der Waals surface area contributed by atoms with E-state index in [1.54, 1.807) is 24.5 Å². The molecule has 0 radical (unpaired) electrons. The van der Waals surface area contributed by atoms with Gasteiger partial charge in [-0.25, -0.2) is 8.42 Å². The summed E-state index contributed by atoms with van der Waals surface area (Å²) < 4.78 is 26.2. The van der Waals surface area contributed by atoms with Crippen LogP contribution >= 0.6 is 0 Å². The zero-order chi connectivity index (χ0) is 14.6. The van der Waals surface area contributed by atoms with Crippen LogP contribution in [-0.2, 0) is 10.0 Å². The van der Waals surface area contributed by atoms with E-state index < -0.39 is 10.0 Å². The highest BCUT2D eigenvalue weighted by atomic mass is 32.2. The normalized spacial score (nSPS) is 11.8. The van der Waals surface area contributed by atoms with Crippen molar-refractivity contribution in [2.45, 2.75) is 18.7 Å². The minimum absolute atomic E-state index is 0.328. The maximum atomic E-state index is 12.4. The van der Waals surface area contributed by atoms with Crippen molar-refractivity contribution < 1.29 is 8.42 Å². The summed E-state index contributed by atoms with van der Waals surface area (Å²) in [5.41, 5.74) is 1.93. The maximum Gasteiger partial charge on any atom is 0.243 e. The van der Waals surface area contributed by atoms with Crippen molar-refractivity contribution in [3.8, 4) is 11.1 Å². The second-order valence-electron chi connectivity index (χ2n) is 4.36. The summed E-state index contributed by atoms with van der Waals surface area (Å²) >= 11 is 0. The van der Waals surface area contributed by atoms with Gasteiger partial charge in [0.25, 0.3) is 0 Å². The van der Waals surface area contributed by atoms with E-state index in [0.717, 1.165) is 11.1 Å². The molecule has 0 spiro atoms. The second-order valence-corrected chi connectivity index (χ2v) is 6.29. The first-order chi connectivity index (χ1) is 9.59. The molecule has 0 aliphatic heterocycles. The van der Waals surface area contributed by atoms with E-state index in [1.807, 2.05) is 38.1 Å². The molecule has 0 aliphatic carbocycles. The van der Waals surface area contributed by atoms with E-state index in [4.69, 9.17) is 0 Å². The van der Waals surface area contributed by atoms with Gasteiger partial charge in [-0.15, -0.1) is 0 Å². The van der Waals surface area contributed by atoms with Crippen LogP contribution < -0.4 is 0 Å². The third-order valence-electron chi connectivity index (χ3n) is 3.19. The molecule has 0 saturated carbocycles. The summed E-state index contributed by atoms with van der Waals surface area (Å²) in [4.78, 5) is 4.39. The van der Waals surface area contributed by atoms with Gasteiger partial charge in [-0.05, 0) is 29.3 Å². The van der Waals surface area contributed by atoms with Crippen molar-refractivity contribution >= 4 is 10.0 Å². The number of hydrogen-bond acceptors (Lipinski definition) is 3. The second kappa shape index (κ2) is 6.15. The van der Waals surface area contributed by atoms with Gasteiger partial charge in [0, 0.05) is 25.5 Å². The van der Waals surface area contributed by atoms with Gasteiger partial charge in [0.2, 0.25) is 10.0 Å². The summed E-state index contributed by atoms with van der Waals surface area (Å²) in [6.07, 6.45) is 3.47. The molecule has 2 rings (SSSR count). The van der Waals surface area contributed by atoms with E-state index in [-0.39, 0.29) is 0 Å². The highest BCUT2D eigenvalue weighted by Gasteiger charge is 2.21. The zero-order valence-electron chi connectivity index (χ0n) is 11.7. The van der Waals surface area contributed by atoms with Crippen molar-refractivity contribution in [1.82, 2.24) is 9.29 Å². The highest BCUT2D eigenvalue weighted by Crippen LogP contribution is 2.22. The molecule has 5 heteroatoms. The molecule has 0 N–H and O–H groups in total. The van der Waals surface area contributed by atoms with Gasteiger partial charge in [0.15, 0.2) is 0 Å². The number of aromatic nitrogens is 1. The summed E-state index contributed by atoms with van der Waals surface area (Å²) in [6, 6.07) is 10.7. The van der Waals surface area contributed by atoms with Gasteiger partial charge in [0.1, 0.15) is 0 Å². The fourth-order valence-corrected chi connectivity index (χ4v) is 3.52. The maximum absolute atomic E-state index is 12.4. The van der Waals surface area contributed by atoms with E-state index in [0.29, 0.717) is 18.0 Å². The molecule has 0 fully saturated rings. The third kappa shape index (κ3) is 2.89. The Balaban J connectivity index is 2.34. The Bertz CT molecular complexity index is 648. The fourth-order valence-electron chi connectivity index (χ4n) is 2.07. The van der Waals surface area contributed by atoms with Crippen LogP contribution in [0.25, 0.3) is 11.1 Å². The van der Waals surface area contributed by atoms with Gasteiger partial charge >= 0.3 is 0 Å². The van der Waals surface area contributed by atoms with Crippen LogP contribution in [0.4, 0.5) is 0 Å². The molecule has 106 valence electrons. The number of rotatable bonds is 5. The van der Waals surface area contributed by atoms with E-state index in [1.165, 1.54) is 4.31 Å². The Morgan fingerprint density at radius 2 is 1.65 bits per heavy atom. The zero-order valence-corrected chi connectivity index (χ0v) is 12.5. The molecule has 0 unspecified atom stereocenters. The smallest absolute Gasteiger partial charge is 0.243 e. The molecule has 4 nitrogen and oxygen atoms in total. The van der Waals surface area contributed by atoms with Crippen LogP contribution in [-0.4, -0.2) is 30.8 Å². The lowest BCUT2D eigenvalue weighted by Crippen LogP contribution is -2.30. The van der Waals surface area contributed by atoms with E-state index in [2.05, 4.69) is 4.98 Å². The molecule has 1 aromatic carbocycles. The predicted molar refractivity (Wildman–Crippen MR) is 79.8 cm³/mol. The number of benzene rings is 1. The lowest BCUT2D eigenvalue weighted by atomic mass is 10.1. The third-order valence-corrected chi connectivity index (χ3v) is 5.26. The van der Waals surface area contributed by atoms with Crippen LogP contribution in [0.5, 0.6) is 0 Å². The standard InChI is InChI=1S/C15H18N2O2S/c1-3-17(4-2)20(18,19)15-9-7-13(8-10-15)14-6-5-11-16-12-14/h5-12H,3-4H2,1-2H3. The summed E-state index contributed by atoms with van der Waals surface area (Å²) in [7, 11) is -3.38. The molecule has 0 aliphatic rings. The molecule has 0 bridgehead atoms. The van der Waals surface area contributed by atoms with E-state index in [9.17, 15) is 8.42 Å². The average molecular weight is 290 g/mol. The van der Waals surface area contributed by atoms with Crippen LogP contribution in [0.15, 0.2) is 53.7 Å². The number of hydrogen-bond donors (Lipinski definition) is 0. The average Bonchev–Trinajstić information content (AvgIpc) is 2.49. The molecule has 0 atom stereocenters. The van der Waals surface area contributed by atoms with Crippen LogP contribution in [0, 0.1) is 0 Å². The Kier molecular flexibility index (Phi) is 4.52. The van der Waals surface area contributed by atoms with E-state index >= 15 is 0 Å². The van der Waals surface area contributed by atoms with Crippen LogP contribution in [0.2, 0.25) is 0 Å². The Labute approximate surface area is 120 Å². The Hall–Kier alpha value is -1.72. The van der Waals surface area contributed by atoms with Crippen molar-refractivity contribution in [3.63, 3.8) is 0 Å². The molecule has 0 saturated heterocycles. The van der Waals surface area contributed by atoms with Gasteiger partial charge in [0.05, 0.1) is 4.90 Å². The minimum atomic E-state index is -3.38. The van der Waals surface area contributed by atoms with Gasteiger partial charge in [-0.2, -0.15) is 4.31 Å². The number of sulfonamides is 1. The molecular formula is C15H18N2O2S.